The minimum atomic E-state index is 0.142. The second-order valence-corrected chi connectivity index (χ2v) is 5.63. The molecule has 4 heteroatoms. The van der Waals surface area contributed by atoms with E-state index >= 15 is 0 Å². The standard InChI is InChI=1S/C13H25N3O/c1-11(2)17-7-6-16-10-12(9-15-16)8-14-13(3,4)5/h9-11,14H,6-8H2,1-5H3. The Morgan fingerprint density at radius 2 is 2.12 bits per heavy atom. The zero-order chi connectivity index (χ0) is 12.9. The van der Waals surface area contributed by atoms with Crippen molar-refractivity contribution in [2.75, 3.05) is 6.61 Å². The van der Waals surface area contributed by atoms with Gasteiger partial charge in [0.1, 0.15) is 0 Å². The predicted octanol–water partition coefficient (Wildman–Crippen LogP) is 2.20. The molecule has 1 N–H and O–H groups in total. The Hall–Kier alpha value is -0.870. The molecule has 0 aromatic carbocycles. The first kappa shape index (κ1) is 14.2. The lowest BCUT2D eigenvalue weighted by Gasteiger charge is -2.19. The van der Waals surface area contributed by atoms with Crippen LogP contribution in [0.4, 0.5) is 0 Å². The number of ether oxygens (including phenoxy) is 1. The molecule has 0 saturated heterocycles. The number of nitrogens with zero attached hydrogens (tertiary/aromatic N) is 2. The fourth-order valence-corrected chi connectivity index (χ4v) is 1.37. The smallest absolute Gasteiger partial charge is 0.0666 e. The van der Waals surface area contributed by atoms with Gasteiger partial charge in [0.25, 0.3) is 0 Å². The van der Waals surface area contributed by atoms with Crippen LogP contribution < -0.4 is 5.32 Å². The van der Waals surface area contributed by atoms with Gasteiger partial charge in [0.05, 0.1) is 25.5 Å². The molecule has 0 radical (unpaired) electrons. The van der Waals surface area contributed by atoms with E-state index in [1.54, 1.807) is 0 Å². The van der Waals surface area contributed by atoms with Crippen molar-refractivity contribution >= 4 is 0 Å². The van der Waals surface area contributed by atoms with Gasteiger partial charge in [-0.2, -0.15) is 5.10 Å². The van der Waals surface area contributed by atoms with E-state index in [1.165, 1.54) is 5.56 Å². The van der Waals surface area contributed by atoms with E-state index in [9.17, 15) is 0 Å². The van der Waals surface area contributed by atoms with E-state index in [0.29, 0.717) is 6.61 Å². The van der Waals surface area contributed by atoms with Crippen LogP contribution in [0.3, 0.4) is 0 Å². The van der Waals surface area contributed by atoms with Gasteiger partial charge in [-0.3, -0.25) is 4.68 Å². The molecule has 1 aromatic rings. The number of hydrogen-bond acceptors (Lipinski definition) is 3. The Bertz CT molecular complexity index is 326. The molecule has 0 amide bonds. The van der Waals surface area contributed by atoms with Crippen LogP contribution >= 0.6 is 0 Å². The molecule has 0 aliphatic carbocycles. The van der Waals surface area contributed by atoms with Gasteiger partial charge < -0.3 is 10.1 Å². The third kappa shape index (κ3) is 6.44. The van der Waals surface area contributed by atoms with E-state index in [1.807, 2.05) is 24.7 Å². The molecule has 98 valence electrons. The SMILES string of the molecule is CC(C)OCCn1cc(CNC(C)(C)C)cn1. The van der Waals surface area contributed by atoms with E-state index in [2.05, 4.69) is 37.4 Å². The highest BCUT2D eigenvalue weighted by Gasteiger charge is 2.09. The van der Waals surface area contributed by atoms with Gasteiger partial charge in [-0.25, -0.2) is 0 Å². The molecule has 0 bridgehead atoms. The monoisotopic (exact) mass is 239 g/mol. The quantitative estimate of drug-likeness (QED) is 0.827. The molecule has 17 heavy (non-hydrogen) atoms. The zero-order valence-electron chi connectivity index (χ0n) is 11.7. The Morgan fingerprint density at radius 1 is 1.41 bits per heavy atom. The first-order valence-corrected chi connectivity index (χ1v) is 6.25. The maximum absolute atomic E-state index is 5.49. The number of nitrogens with one attached hydrogen (secondary N) is 1. The molecule has 1 aromatic heterocycles. The fourth-order valence-electron chi connectivity index (χ4n) is 1.37. The maximum atomic E-state index is 5.49. The maximum Gasteiger partial charge on any atom is 0.0666 e. The summed E-state index contributed by atoms with van der Waals surface area (Å²) in [6.45, 7) is 13.0. The average molecular weight is 239 g/mol. The predicted molar refractivity (Wildman–Crippen MR) is 69.9 cm³/mol. The Morgan fingerprint density at radius 3 is 2.71 bits per heavy atom. The molecule has 1 heterocycles. The van der Waals surface area contributed by atoms with Crippen molar-refractivity contribution in [3.63, 3.8) is 0 Å². The number of rotatable bonds is 6. The van der Waals surface area contributed by atoms with Gasteiger partial charge >= 0.3 is 0 Å². The topological polar surface area (TPSA) is 39.1 Å². The largest absolute Gasteiger partial charge is 0.377 e. The van der Waals surface area contributed by atoms with E-state index in [4.69, 9.17) is 4.74 Å². The van der Waals surface area contributed by atoms with Crippen molar-refractivity contribution in [3.05, 3.63) is 18.0 Å². The van der Waals surface area contributed by atoms with Crippen molar-refractivity contribution in [2.24, 2.45) is 0 Å². The highest BCUT2D eigenvalue weighted by atomic mass is 16.5. The molecule has 1 rings (SSSR count). The lowest BCUT2D eigenvalue weighted by atomic mass is 10.1. The summed E-state index contributed by atoms with van der Waals surface area (Å²) in [5.74, 6) is 0. The second-order valence-electron chi connectivity index (χ2n) is 5.63. The normalized spacial score (nSPS) is 12.4. The lowest BCUT2D eigenvalue weighted by molar-refractivity contribution is 0.0709. The zero-order valence-corrected chi connectivity index (χ0v) is 11.7. The van der Waals surface area contributed by atoms with Crippen LogP contribution in [0.1, 0.15) is 40.2 Å². The first-order valence-electron chi connectivity index (χ1n) is 6.25. The molecule has 0 atom stereocenters. The second kappa shape index (κ2) is 6.17. The summed E-state index contributed by atoms with van der Waals surface area (Å²) in [6, 6.07) is 0. The van der Waals surface area contributed by atoms with Crippen molar-refractivity contribution in [3.8, 4) is 0 Å². The minimum Gasteiger partial charge on any atom is -0.377 e. The van der Waals surface area contributed by atoms with Gasteiger partial charge in [-0.05, 0) is 34.6 Å². The molecule has 0 unspecified atom stereocenters. The summed E-state index contributed by atoms with van der Waals surface area (Å²) < 4.78 is 7.43. The molecule has 0 spiro atoms. The summed E-state index contributed by atoms with van der Waals surface area (Å²) >= 11 is 0. The molecule has 0 aliphatic heterocycles. The van der Waals surface area contributed by atoms with E-state index in [0.717, 1.165) is 13.1 Å². The number of aromatic nitrogens is 2. The van der Waals surface area contributed by atoms with Crippen LogP contribution in [-0.4, -0.2) is 28.0 Å². The van der Waals surface area contributed by atoms with Gasteiger partial charge in [-0.1, -0.05) is 0 Å². The highest BCUT2D eigenvalue weighted by Crippen LogP contribution is 2.03. The Labute approximate surface area is 104 Å². The minimum absolute atomic E-state index is 0.142. The first-order chi connectivity index (χ1) is 7.87. The fraction of sp³-hybridized carbons (Fsp3) is 0.769. The molecule has 0 aliphatic rings. The molecular weight excluding hydrogens is 214 g/mol. The van der Waals surface area contributed by atoms with Crippen LogP contribution in [0.15, 0.2) is 12.4 Å². The number of hydrogen-bond donors (Lipinski definition) is 1. The van der Waals surface area contributed by atoms with Crippen LogP contribution in [0, 0.1) is 0 Å². The van der Waals surface area contributed by atoms with Crippen molar-refractivity contribution in [1.29, 1.82) is 0 Å². The highest BCUT2D eigenvalue weighted by molar-refractivity contribution is 5.03. The lowest BCUT2D eigenvalue weighted by Crippen LogP contribution is -2.34. The summed E-state index contributed by atoms with van der Waals surface area (Å²) in [5, 5.41) is 7.75. The van der Waals surface area contributed by atoms with Crippen molar-refractivity contribution in [2.45, 2.75) is 59.4 Å². The van der Waals surface area contributed by atoms with Crippen molar-refractivity contribution in [1.82, 2.24) is 15.1 Å². The van der Waals surface area contributed by atoms with Gasteiger partial charge in [0.15, 0.2) is 0 Å². The van der Waals surface area contributed by atoms with Crippen LogP contribution in [0.2, 0.25) is 0 Å². The third-order valence-electron chi connectivity index (χ3n) is 2.28. The summed E-state index contributed by atoms with van der Waals surface area (Å²) in [6.07, 6.45) is 4.27. The molecular formula is C13H25N3O. The summed E-state index contributed by atoms with van der Waals surface area (Å²) in [4.78, 5) is 0. The van der Waals surface area contributed by atoms with Gasteiger partial charge in [0, 0.05) is 23.8 Å². The molecule has 4 nitrogen and oxygen atoms in total. The van der Waals surface area contributed by atoms with E-state index < -0.39 is 0 Å². The summed E-state index contributed by atoms with van der Waals surface area (Å²) in [5.41, 5.74) is 1.35. The van der Waals surface area contributed by atoms with Crippen LogP contribution in [0.25, 0.3) is 0 Å². The van der Waals surface area contributed by atoms with Crippen molar-refractivity contribution < 1.29 is 4.74 Å². The molecule has 0 saturated carbocycles. The van der Waals surface area contributed by atoms with E-state index in [-0.39, 0.29) is 11.6 Å². The third-order valence-corrected chi connectivity index (χ3v) is 2.28. The van der Waals surface area contributed by atoms with Crippen LogP contribution in [0.5, 0.6) is 0 Å². The summed E-state index contributed by atoms with van der Waals surface area (Å²) in [7, 11) is 0. The van der Waals surface area contributed by atoms with Gasteiger partial charge in [-0.15, -0.1) is 0 Å². The Balaban J connectivity index is 2.32. The average Bonchev–Trinajstić information content (AvgIpc) is 2.61. The Kier molecular flexibility index (Phi) is 5.15. The molecule has 0 fully saturated rings. The van der Waals surface area contributed by atoms with Crippen LogP contribution in [-0.2, 0) is 17.8 Å². The van der Waals surface area contributed by atoms with Gasteiger partial charge in [0.2, 0.25) is 0 Å².